The lowest BCUT2D eigenvalue weighted by atomic mass is 10.1. The van der Waals surface area contributed by atoms with Gasteiger partial charge < -0.3 is 9.47 Å². The van der Waals surface area contributed by atoms with Crippen molar-refractivity contribution in [3.05, 3.63) is 83.7 Å². The number of carbonyl (C=O) groups is 2. The maximum Gasteiger partial charge on any atom is 0.313 e. The van der Waals surface area contributed by atoms with Crippen molar-refractivity contribution in [2.45, 2.75) is 6.42 Å². The number of aromatic nitrogens is 1. The molecular weight excluding hydrogens is 375 g/mol. The van der Waals surface area contributed by atoms with Gasteiger partial charge in [-0.3, -0.25) is 14.5 Å². The number of carbonyl (C=O) groups excluding carboxylic acids is 2. The number of anilines is 1. The fraction of sp³-hybridized carbons (Fsp3) is 0.136. The molecule has 1 aliphatic rings. The number of halogens is 1. The van der Waals surface area contributed by atoms with Crippen LogP contribution in [0.4, 0.5) is 10.2 Å². The fourth-order valence-electron chi connectivity index (χ4n) is 2.59. The van der Waals surface area contributed by atoms with Gasteiger partial charge in [-0.25, -0.2) is 9.37 Å². The largest absolute Gasteiger partial charge is 0.493 e. The molecule has 3 rings (SSSR count). The van der Waals surface area contributed by atoms with Gasteiger partial charge in [0.25, 0.3) is 5.91 Å². The van der Waals surface area contributed by atoms with Crippen molar-refractivity contribution >= 4 is 17.7 Å². The van der Waals surface area contributed by atoms with Crippen LogP contribution in [-0.2, 0) is 9.59 Å². The number of amides is 1. The van der Waals surface area contributed by atoms with Gasteiger partial charge in [0.2, 0.25) is 5.75 Å². The maximum atomic E-state index is 14.0. The summed E-state index contributed by atoms with van der Waals surface area (Å²) < 4.78 is 24.1. The van der Waals surface area contributed by atoms with Gasteiger partial charge >= 0.3 is 5.97 Å². The Kier molecular flexibility index (Phi) is 6.38. The Bertz CT molecular complexity index is 1050. The average molecular weight is 392 g/mol. The highest BCUT2D eigenvalue weighted by molar-refractivity contribution is 6.07. The standard InChI is InChI=1S/C22H17FN2O4/c1-28-18-11-7-10-17(23)21(18)29-20(26)13-15-25(19-12-5-6-14-24-19)22(27)16-8-3-2-4-9-16/h3,5-12,14H,13,15H2,1H3. The molecule has 0 atom stereocenters. The first-order valence-electron chi connectivity index (χ1n) is 8.74. The van der Waals surface area contributed by atoms with Crippen molar-refractivity contribution in [2.24, 2.45) is 0 Å². The molecule has 1 aliphatic carbocycles. The zero-order valence-electron chi connectivity index (χ0n) is 15.6. The van der Waals surface area contributed by atoms with E-state index in [-0.39, 0.29) is 30.4 Å². The lowest BCUT2D eigenvalue weighted by Crippen LogP contribution is -2.35. The van der Waals surface area contributed by atoms with E-state index in [4.69, 9.17) is 9.47 Å². The Morgan fingerprint density at radius 3 is 2.72 bits per heavy atom. The molecule has 0 spiro atoms. The molecule has 0 unspecified atom stereocenters. The predicted octanol–water partition coefficient (Wildman–Crippen LogP) is 3.36. The van der Waals surface area contributed by atoms with Crippen LogP contribution in [-0.4, -0.2) is 30.5 Å². The summed E-state index contributed by atoms with van der Waals surface area (Å²) in [6, 6.07) is 9.20. The van der Waals surface area contributed by atoms with E-state index < -0.39 is 11.8 Å². The number of methoxy groups -OCH3 is 1. The topological polar surface area (TPSA) is 68.7 Å². The molecule has 0 saturated carbocycles. The second-order valence-corrected chi connectivity index (χ2v) is 5.86. The highest BCUT2D eigenvalue weighted by Gasteiger charge is 2.22. The number of pyridine rings is 1. The molecule has 2 aromatic rings. The van der Waals surface area contributed by atoms with Gasteiger partial charge in [-0.15, -0.1) is 0 Å². The van der Waals surface area contributed by atoms with Gasteiger partial charge in [0.15, 0.2) is 11.6 Å². The van der Waals surface area contributed by atoms with E-state index in [1.165, 1.54) is 30.2 Å². The molecule has 0 saturated heterocycles. The van der Waals surface area contributed by atoms with Gasteiger partial charge in [0.05, 0.1) is 13.5 Å². The molecule has 6 nitrogen and oxygen atoms in total. The van der Waals surface area contributed by atoms with Gasteiger partial charge in [0, 0.05) is 24.4 Å². The van der Waals surface area contributed by atoms with Crippen LogP contribution in [0.15, 0.2) is 77.9 Å². The molecule has 0 fully saturated rings. The van der Waals surface area contributed by atoms with Crippen LogP contribution < -0.4 is 14.4 Å². The smallest absolute Gasteiger partial charge is 0.313 e. The molecule has 0 radical (unpaired) electrons. The molecule has 146 valence electrons. The number of rotatable bonds is 7. The number of para-hydroxylation sites is 1. The van der Waals surface area contributed by atoms with Crippen molar-refractivity contribution in [1.82, 2.24) is 4.98 Å². The first-order chi connectivity index (χ1) is 14.1. The van der Waals surface area contributed by atoms with Crippen LogP contribution in [0.25, 0.3) is 0 Å². The average Bonchev–Trinajstić information content (AvgIpc) is 2.76. The van der Waals surface area contributed by atoms with Crippen LogP contribution in [0.2, 0.25) is 0 Å². The van der Waals surface area contributed by atoms with Crippen LogP contribution in [0.5, 0.6) is 11.5 Å². The first-order valence-corrected chi connectivity index (χ1v) is 8.74. The molecule has 1 aromatic carbocycles. The molecule has 7 heteroatoms. The zero-order valence-corrected chi connectivity index (χ0v) is 15.6. The quantitative estimate of drug-likeness (QED) is 0.411. The van der Waals surface area contributed by atoms with Crippen LogP contribution in [0, 0.1) is 5.82 Å². The van der Waals surface area contributed by atoms with E-state index in [9.17, 15) is 14.0 Å². The minimum absolute atomic E-state index is 0.00986. The number of allylic oxidation sites excluding steroid dienone is 2. The number of benzene rings is 1. The third-order valence-corrected chi connectivity index (χ3v) is 3.98. The second kappa shape index (κ2) is 9.33. The minimum atomic E-state index is -0.716. The third-order valence-electron chi connectivity index (χ3n) is 3.98. The van der Waals surface area contributed by atoms with Crippen LogP contribution in [0.3, 0.4) is 0 Å². The molecule has 29 heavy (non-hydrogen) atoms. The Hall–Kier alpha value is -3.92. The Balaban J connectivity index is 1.75. The second-order valence-electron chi connectivity index (χ2n) is 5.86. The van der Waals surface area contributed by atoms with E-state index in [0.29, 0.717) is 11.4 Å². The maximum absolute atomic E-state index is 14.0. The van der Waals surface area contributed by atoms with E-state index in [1.807, 2.05) is 0 Å². The van der Waals surface area contributed by atoms with E-state index in [0.717, 1.165) is 6.07 Å². The van der Waals surface area contributed by atoms with E-state index >= 15 is 0 Å². The van der Waals surface area contributed by atoms with Crippen molar-refractivity contribution < 1.29 is 23.5 Å². The molecular formula is C22H17FN2O4. The predicted molar refractivity (Wildman–Crippen MR) is 104 cm³/mol. The van der Waals surface area contributed by atoms with Crippen LogP contribution in [0.1, 0.15) is 6.42 Å². The fourth-order valence-corrected chi connectivity index (χ4v) is 2.59. The SMILES string of the molecule is COc1cccc(F)c1OC(=O)CCN(C(=O)C1=CC=C=C=C1)c1ccccn1. The summed E-state index contributed by atoms with van der Waals surface area (Å²) in [6.45, 7) is -0.00986. The van der Waals surface area contributed by atoms with Crippen molar-refractivity contribution in [1.29, 1.82) is 0 Å². The number of nitrogens with zero attached hydrogens (tertiary/aromatic N) is 2. The van der Waals surface area contributed by atoms with Gasteiger partial charge in [-0.2, -0.15) is 0 Å². The zero-order chi connectivity index (χ0) is 20.6. The van der Waals surface area contributed by atoms with Gasteiger partial charge in [0.1, 0.15) is 5.82 Å². The molecule has 0 N–H and O–H groups in total. The molecule has 1 amide bonds. The summed E-state index contributed by atoms with van der Waals surface area (Å²) >= 11 is 0. The van der Waals surface area contributed by atoms with Crippen molar-refractivity contribution in [3.63, 3.8) is 0 Å². The number of esters is 1. The lowest BCUT2D eigenvalue weighted by molar-refractivity contribution is -0.134. The number of ether oxygens (including phenoxy) is 2. The summed E-state index contributed by atoms with van der Waals surface area (Å²) in [5.41, 5.74) is 5.83. The summed E-state index contributed by atoms with van der Waals surface area (Å²) in [6.07, 6.45) is 6.03. The van der Waals surface area contributed by atoms with Crippen molar-refractivity contribution in [3.8, 4) is 11.5 Å². The lowest BCUT2D eigenvalue weighted by Gasteiger charge is -2.22. The molecule has 0 aliphatic heterocycles. The summed E-state index contributed by atoms with van der Waals surface area (Å²) in [7, 11) is 1.35. The normalized spacial score (nSPS) is 11.7. The monoisotopic (exact) mass is 392 g/mol. The highest BCUT2D eigenvalue weighted by atomic mass is 19.1. The number of hydrogen-bond donors (Lipinski definition) is 0. The van der Waals surface area contributed by atoms with E-state index in [2.05, 4.69) is 16.4 Å². The first kappa shape index (κ1) is 19.8. The summed E-state index contributed by atoms with van der Waals surface area (Å²) in [5, 5.41) is 0. The van der Waals surface area contributed by atoms with Gasteiger partial charge in [-0.1, -0.05) is 23.6 Å². The minimum Gasteiger partial charge on any atom is -0.493 e. The molecule has 1 aromatic heterocycles. The van der Waals surface area contributed by atoms with E-state index in [1.54, 1.807) is 36.5 Å². The molecule has 1 heterocycles. The summed E-state index contributed by atoms with van der Waals surface area (Å²) in [5.74, 6) is -1.59. The van der Waals surface area contributed by atoms with Gasteiger partial charge in [-0.05, 0) is 36.4 Å². The Labute approximate surface area is 166 Å². The molecule has 0 bridgehead atoms. The Morgan fingerprint density at radius 1 is 1.17 bits per heavy atom. The van der Waals surface area contributed by atoms with Crippen LogP contribution >= 0.6 is 0 Å². The third kappa shape index (κ3) is 4.87. The Morgan fingerprint density at radius 2 is 2.03 bits per heavy atom. The van der Waals surface area contributed by atoms with Crippen molar-refractivity contribution in [2.75, 3.05) is 18.6 Å². The highest BCUT2D eigenvalue weighted by Crippen LogP contribution is 2.30. The summed E-state index contributed by atoms with van der Waals surface area (Å²) in [4.78, 5) is 30.7. The number of hydrogen-bond acceptors (Lipinski definition) is 5.